The van der Waals surface area contributed by atoms with Crippen LogP contribution in [0.4, 0.5) is 0 Å². The molecule has 0 aliphatic heterocycles. The molecule has 0 aliphatic rings. The van der Waals surface area contributed by atoms with Crippen LogP contribution in [0.5, 0.6) is 0 Å². The molecule has 0 aromatic rings. The summed E-state index contributed by atoms with van der Waals surface area (Å²) in [5, 5.41) is 0. The average molecular weight is 143 g/mol. The van der Waals surface area contributed by atoms with Gasteiger partial charge in [-0.1, -0.05) is 20.8 Å². The normalized spacial score (nSPS) is 17.4. The second-order valence-electron chi connectivity index (χ2n) is 3.78. The molecule has 0 saturated heterocycles. The lowest BCUT2D eigenvalue weighted by Crippen LogP contribution is -2.16. The van der Waals surface area contributed by atoms with E-state index in [-0.39, 0.29) is 0 Å². The fraction of sp³-hybridized carbons (Fsp3) is 1.00. The summed E-state index contributed by atoms with van der Waals surface area (Å²) in [5.74, 6) is 1.63. The molecule has 0 aromatic carbocycles. The smallest absolute Gasteiger partial charge is 0.00105 e. The maximum atomic E-state index is 5.64. The van der Waals surface area contributed by atoms with Gasteiger partial charge in [0.15, 0.2) is 0 Å². The maximum absolute atomic E-state index is 5.64. The highest BCUT2D eigenvalue weighted by Crippen LogP contribution is 2.16. The zero-order valence-electron chi connectivity index (χ0n) is 7.72. The Hall–Kier alpha value is -0.0400. The zero-order valence-corrected chi connectivity index (χ0v) is 7.72. The molecule has 0 rings (SSSR count). The molecule has 0 fully saturated rings. The predicted molar refractivity (Wildman–Crippen MR) is 46.9 cm³/mol. The van der Waals surface area contributed by atoms with Crippen molar-refractivity contribution in [3.05, 3.63) is 0 Å². The summed E-state index contributed by atoms with van der Waals surface area (Å²) in [4.78, 5) is 0. The summed E-state index contributed by atoms with van der Waals surface area (Å²) in [6.07, 6.45) is 2.44. The second-order valence-corrected chi connectivity index (χ2v) is 3.78. The minimum Gasteiger partial charge on any atom is -0.328 e. The largest absolute Gasteiger partial charge is 0.328 e. The van der Waals surface area contributed by atoms with Gasteiger partial charge in [0.25, 0.3) is 0 Å². The Morgan fingerprint density at radius 3 is 1.80 bits per heavy atom. The minimum atomic E-state index is 0.376. The van der Waals surface area contributed by atoms with Crippen molar-refractivity contribution in [2.75, 3.05) is 0 Å². The summed E-state index contributed by atoms with van der Waals surface area (Å²) >= 11 is 0. The molecule has 1 heteroatoms. The molecule has 1 nitrogen and oxygen atoms in total. The topological polar surface area (TPSA) is 26.0 Å². The van der Waals surface area contributed by atoms with Gasteiger partial charge in [-0.15, -0.1) is 0 Å². The van der Waals surface area contributed by atoms with E-state index in [1.165, 1.54) is 12.8 Å². The molecule has 0 aromatic heterocycles. The highest BCUT2D eigenvalue weighted by atomic mass is 14.6. The van der Waals surface area contributed by atoms with E-state index in [4.69, 9.17) is 5.73 Å². The van der Waals surface area contributed by atoms with Crippen molar-refractivity contribution < 1.29 is 0 Å². The Bertz CT molecular complexity index is 76.8. The molecular weight excluding hydrogens is 122 g/mol. The van der Waals surface area contributed by atoms with Gasteiger partial charge < -0.3 is 5.73 Å². The van der Waals surface area contributed by atoms with Gasteiger partial charge in [-0.3, -0.25) is 0 Å². The highest BCUT2D eigenvalue weighted by Gasteiger charge is 2.06. The molecule has 0 saturated carbocycles. The van der Waals surface area contributed by atoms with Crippen LogP contribution in [0.3, 0.4) is 0 Å². The van der Waals surface area contributed by atoms with Crippen molar-refractivity contribution in [2.24, 2.45) is 17.6 Å². The van der Waals surface area contributed by atoms with Crippen LogP contribution in [0.2, 0.25) is 0 Å². The summed E-state index contributed by atoms with van der Waals surface area (Å²) < 4.78 is 0. The molecule has 0 spiro atoms. The van der Waals surface area contributed by atoms with Crippen molar-refractivity contribution in [3.8, 4) is 0 Å². The van der Waals surface area contributed by atoms with Crippen LogP contribution in [0.1, 0.15) is 40.5 Å². The van der Waals surface area contributed by atoms with E-state index in [9.17, 15) is 0 Å². The van der Waals surface area contributed by atoms with Gasteiger partial charge in [0, 0.05) is 6.04 Å². The fourth-order valence-electron chi connectivity index (χ4n) is 0.859. The van der Waals surface area contributed by atoms with E-state index in [0.29, 0.717) is 6.04 Å². The summed E-state index contributed by atoms with van der Waals surface area (Å²) in [6.45, 7) is 8.91. The van der Waals surface area contributed by atoms with Crippen LogP contribution < -0.4 is 5.73 Å². The first-order valence-electron chi connectivity index (χ1n) is 4.29. The highest BCUT2D eigenvalue weighted by molar-refractivity contribution is 4.61. The Kier molecular flexibility index (Phi) is 4.71. The number of rotatable bonds is 4. The van der Waals surface area contributed by atoms with Gasteiger partial charge in [-0.05, 0) is 31.6 Å². The van der Waals surface area contributed by atoms with Crippen molar-refractivity contribution in [3.63, 3.8) is 0 Å². The summed E-state index contributed by atoms with van der Waals surface area (Å²) in [6, 6.07) is 0.376. The second kappa shape index (κ2) is 4.73. The molecule has 2 atom stereocenters. The molecule has 0 amide bonds. The van der Waals surface area contributed by atoms with Crippen molar-refractivity contribution in [2.45, 2.75) is 46.6 Å². The van der Waals surface area contributed by atoms with Gasteiger partial charge in [-0.2, -0.15) is 0 Å². The molecule has 2 N–H and O–H groups in total. The van der Waals surface area contributed by atoms with Crippen molar-refractivity contribution >= 4 is 0 Å². The number of hydrogen-bond donors (Lipinski definition) is 1. The predicted octanol–water partition coefficient (Wildman–Crippen LogP) is 2.41. The quantitative estimate of drug-likeness (QED) is 0.642. The van der Waals surface area contributed by atoms with E-state index in [1.54, 1.807) is 0 Å². The maximum Gasteiger partial charge on any atom is 0.00105 e. The van der Waals surface area contributed by atoms with Gasteiger partial charge in [0.2, 0.25) is 0 Å². The third-order valence-corrected chi connectivity index (χ3v) is 2.22. The Morgan fingerprint density at radius 1 is 1.00 bits per heavy atom. The molecule has 62 valence electrons. The van der Waals surface area contributed by atoms with E-state index >= 15 is 0 Å². The average Bonchev–Trinajstić information content (AvgIpc) is 1.82. The van der Waals surface area contributed by atoms with Crippen LogP contribution >= 0.6 is 0 Å². The third kappa shape index (κ3) is 4.80. The summed E-state index contributed by atoms with van der Waals surface area (Å²) in [7, 11) is 0. The first-order valence-corrected chi connectivity index (χ1v) is 4.29. The van der Waals surface area contributed by atoms with Crippen LogP contribution in [0.25, 0.3) is 0 Å². The van der Waals surface area contributed by atoms with Gasteiger partial charge in [0.05, 0.1) is 0 Å². The van der Waals surface area contributed by atoms with Crippen LogP contribution in [0.15, 0.2) is 0 Å². The molecular formula is C9H21N. The van der Waals surface area contributed by atoms with Crippen LogP contribution in [0, 0.1) is 11.8 Å². The van der Waals surface area contributed by atoms with Crippen molar-refractivity contribution in [1.82, 2.24) is 0 Å². The molecule has 10 heavy (non-hydrogen) atoms. The Morgan fingerprint density at radius 2 is 1.50 bits per heavy atom. The van der Waals surface area contributed by atoms with E-state index in [1.807, 2.05) is 0 Å². The first-order chi connectivity index (χ1) is 4.54. The zero-order chi connectivity index (χ0) is 8.15. The van der Waals surface area contributed by atoms with Gasteiger partial charge in [-0.25, -0.2) is 0 Å². The van der Waals surface area contributed by atoms with Crippen LogP contribution in [-0.2, 0) is 0 Å². The lowest BCUT2D eigenvalue weighted by atomic mass is 9.92. The van der Waals surface area contributed by atoms with Crippen molar-refractivity contribution in [1.29, 1.82) is 0 Å². The molecule has 0 heterocycles. The first kappa shape index (κ1) is 9.96. The summed E-state index contributed by atoms with van der Waals surface area (Å²) in [5.41, 5.74) is 5.64. The van der Waals surface area contributed by atoms with E-state index < -0.39 is 0 Å². The SMILES string of the molecule is CC(C)C(C)CC[C@@H](C)N. The number of nitrogens with two attached hydrogens (primary N) is 1. The van der Waals surface area contributed by atoms with E-state index in [2.05, 4.69) is 27.7 Å². The molecule has 0 bridgehead atoms. The lowest BCUT2D eigenvalue weighted by molar-refractivity contribution is 0.371. The van der Waals surface area contributed by atoms with Gasteiger partial charge >= 0.3 is 0 Å². The Labute approximate surface area is 65.0 Å². The lowest BCUT2D eigenvalue weighted by Gasteiger charge is -2.15. The van der Waals surface area contributed by atoms with Gasteiger partial charge in [0.1, 0.15) is 0 Å². The minimum absolute atomic E-state index is 0.376. The number of hydrogen-bond acceptors (Lipinski definition) is 1. The molecule has 1 unspecified atom stereocenters. The fourth-order valence-corrected chi connectivity index (χ4v) is 0.859. The van der Waals surface area contributed by atoms with E-state index in [0.717, 1.165) is 11.8 Å². The monoisotopic (exact) mass is 143 g/mol. The van der Waals surface area contributed by atoms with Crippen LogP contribution in [-0.4, -0.2) is 6.04 Å². The molecule has 0 aliphatic carbocycles. The Balaban J connectivity index is 3.30. The molecule has 0 radical (unpaired) electrons. The third-order valence-electron chi connectivity index (χ3n) is 2.22. The standard InChI is InChI=1S/C9H21N/c1-7(2)8(3)5-6-9(4)10/h7-9H,5-6,10H2,1-4H3/t8?,9-/m1/s1.